The third-order valence-corrected chi connectivity index (χ3v) is 4.31. The fourth-order valence-electron chi connectivity index (χ4n) is 2.07. The highest BCUT2D eigenvalue weighted by Crippen LogP contribution is 2.37. The van der Waals surface area contributed by atoms with E-state index in [1.54, 1.807) is 36.4 Å². The summed E-state index contributed by atoms with van der Waals surface area (Å²) in [4.78, 5) is 11.3. The molecule has 0 spiro atoms. The predicted octanol–water partition coefficient (Wildman–Crippen LogP) is 3.46. The largest absolute Gasteiger partial charge is 0.506 e. The van der Waals surface area contributed by atoms with Gasteiger partial charge in [-0.25, -0.2) is 5.48 Å². The molecule has 0 bridgehead atoms. The van der Waals surface area contributed by atoms with Crippen LogP contribution in [-0.2, 0) is 4.79 Å². The van der Waals surface area contributed by atoms with Gasteiger partial charge >= 0.3 is 0 Å². The summed E-state index contributed by atoms with van der Waals surface area (Å²) in [5.74, 6) is -0.444. The number of benzene rings is 2. The number of hydrogen-bond donors (Lipinski definition) is 4. The lowest BCUT2D eigenvalue weighted by atomic mass is 10.0. The Morgan fingerprint density at radius 2 is 1.88 bits per heavy atom. The van der Waals surface area contributed by atoms with Crippen LogP contribution in [0.15, 0.2) is 63.6 Å². The Labute approximate surface area is 161 Å². The smallest absolute Gasteiger partial charge is 0.267 e. The standard InChI is InChI=1S/C17H15Br2NO5/c18-10-8-12(16(22)13(19)9-10)17(23)14(6-7-15(21)20-24)25-11-4-2-1-3-5-11/h1-9,14,17,22-24H,(H,20,21)/b7-6+/t14-,17-/m0/s1. The molecule has 8 heteroatoms. The molecule has 0 heterocycles. The van der Waals surface area contributed by atoms with Crippen molar-refractivity contribution in [2.24, 2.45) is 0 Å². The molecule has 0 aliphatic rings. The third kappa shape index (κ3) is 5.30. The van der Waals surface area contributed by atoms with Crippen LogP contribution in [0.1, 0.15) is 11.7 Å². The number of hydroxylamine groups is 1. The number of phenolic OH excluding ortho intramolecular Hbond substituents is 1. The van der Waals surface area contributed by atoms with Crippen LogP contribution in [0.2, 0.25) is 0 Å². The zero-order valence-corrected chi connectivity index (χ0v) is 15.9. The number of amides is 1. The van der Waals surface area contributed by atoms with Gasteiger partial charge in [0.05, 0.1) is 4.47 Å². The zero-order valence-electron chi connectivity index (χ0n) is 12.8. The highest BCUT2D eigenvalue weighted by molar-refractivity contribution is 9.11. The molecule has 132 valence electrons. The van der Waals surface area contributed by atoms with Crippen LogP contribution >= 0.6 is 31.9 Å². The van der Waals surface area contributed by atoms with E-state index in [-0.39, 0.29) is 11.3 Å². The molecule has 0 aliphatic heterocycles. The van der Waals surface area contributed by atoms with Crippen molar-refractivity contribution in [2.45, 2.75) is 12.2 Å². The van der Waals surface area contributed by atoms with Crippen LogP contribution < -0.4 is 10.2 Å². The van der Waals surface area contributed by atoms with Crippen molar-refractivity contribution in [3.63, 3.8) is 0 Å². The van der Waals surface area contributed by atoms with Crippen molar-refractivity contribution in [1.82, 2.24) is 5.48 Å². The van der Waals surface area contributed by atoms with E-state index < -0.39 is 18.1 Å². The van der Waals surface area contributed by atoms with Gasteiger partial charge in [-0.3, -0.25) is 10.0 Å². The summed E-state index contributed by atoms with van der Waals surface area (Å²) in [5, 5.41) is 29.5. The van der Waals surface area contributed by atoms with Crippen LogP contribution in [0, 0.1) is 0 Å². The first-order chi connectivity index (χ1) is 11.9. The summed E-state index contributed by atoms with van der Waals surface area (Å²) in [6.07, 6.45) is 0.0433. The van der Waals surface area contributed by atoms with Crippen molar-refractivity contribution in [3.8, 4) is 11.5 Å². The molecule has 4 N–H and O–H groups in total. The normalized spacial score (nSPS) is 13.4. The summed E-state index contributed by atoms with van der Waals surface area (Å²) in [6.45, 7) is 0. The lowest BCUT2D eigenvalue weighted by Gasteiger charge is -2.23. The Bertz CT molecular complexity index is 767. The van der Waals surface area contributed by atoms with Gasteiger partial charge in [-0.2, -0.15) is 0 Å². The van der Waals surface area contributed by atoms with Crippen molar-refractivity contribution in [2.75, 3.05) is 0 Å². The number of halogens is 2. The van der Waals surface area contributed by atoms with Gasteiger partial charge in [0.25, 0.3) is 5.91 Å². The average molecular weight is 473 g/mol. The maximum Gasteiger partial charge on any atom is 0.267 e. The molecule has 0 aliphatic carbocycles. The minimum absolute atomic E-state index is 0.141. The number of aromatic hydroxyl groups is 1. The van der Waals surface area contributed by atoms with E-state index in [4.69, 9.17) is 9.94 Å². The molecule has 2 rings (SSSR count). The molecular formula is C17H15Br2NO5. The highest BCUT2D eigenvalue weighted by atomic mass is 79.9. The summed E-state index contributed by atoms with van der Waals surface area (Å²) < 4.78 is 6.76. The summed E-state index contributed by atoms with van der Waals surface area (Å²) in [6, 6.07) is 11.9. The van der Waals surface area contributed by atoms with Gasteiger partial charge in [-0.15, -0.1) is 0 Å². The third-order valence-electron chi connectivity index (χ3n) is 3.25. The van der Waals surface area contributed by atoms with Crippen LogP contribution in [0.5, 0.6) is 11.5 Å². The van der Waals surface area contributed by atoms with Gasteiger partial charge in [0.15, 0.2) is 0 Å². The van der Waals surface area contributed by atoms with E-state index in [0.29, 0.717) is 14.7 Å². The van der Waals surface area contributed by atoms with Crippen molar-refractivity contribution >= 4 is 37.8 Å². The van der Waals surface area contributed by atoms with Crippen LogP contribution in [-0.4, -0.2) is 27.4 Å². The van der Waals surface area contributed by atoms with Crippen molar-refractivity contribution in [3.05, 3.63) is 69.1 Å². The van der Waals surface area contributed by atoms with Gasteiger partial charge in [0.1, 0.15) is 23.7 Å². The molecule has 0 radical (unpaired) electrons. The summed E-state index contributed by atoms with van der Waals surface area (Å²) in [7, 11) is 0. The van der Waals surface area contributed by atoms with Gasteiger partial charge in [-0.1, -0.05) is 34.1 Å². The Hall–Kier alpha value is -1.87. The Morgan fingerprint density at radius 3 is 2.52 bits per heavy atom. The second-order valence-electron chi connectivity index (χ2n) is 5.00. The molecular weight excluding hydrogens is 458 g/mol. The van der Waals surface area contributed by atoms with Gasteiger partial charge in [0, 0.05) is 16.1 Å². The second-order valence-corrected chi connectivity index (χ2v) is 6.77. The number of carbonyl (C=O) groups excluding carboxylic acids is 1. The number of nitrogens with one attached hydrogen (secondary N) is 1. The molecule has 0 unspecified atom stereocenters. The van der Waals surface area contributed by atoms with Crippen LogP contribution in [0.25, 0.3) is 0 Å². The molecule has 0 aromatic heterocycles. The van der Waals surface area contributed by atoms with E-state index in [1.807, 2.05) is 6.07 Å². The number of aliphatic hydroxyl groups excluding tert-OH is 1. The molecule has 2 aromatic rings. The highest BCUT2D eigenvalue weighted by Gasteiger charge is 2.25. The molecule has 2 atom stereocenters. The number of aliphatic hydroxyl groups is 1. The van der Waals surface area contributed by atoms with Crippen LogP contribution in [0.3, 0.4) is 0 Å². The van der Waals surface area contributed by atoms with E-state index in [0.717, 1.165) is 6.08 Å². The van der Waals surface area contributed by atoms with Crippen molar-refractivity contribution < 1.29 is 25.0 Å². The number of hydrogen-bond acceptors (Lipinski definition) is 5. The minimum atomic E-state index is -1.28. The molecule has 25 heavy (non-hydrogen) atoms. The minimum Gasteiger partial charge on any atom is -0.506 e. The fourth-order valence-corrected chi connectivity index (χ4v) is 3.33. The fraction of sp³-hybridized carbons (Fsp3) is 0.118. The zero-order chi connectivity index (χ0) is 18.4. The van der Waals surface area contributed by atoms with Crippen molar-refractivity contribution in [1.29, 1.82) is 0 Å². The first-order valence-electron chi connectivity index (χ1n) is 7.12. The SMILES string of the molecule is O=C(/C=C/[C@H](Oc1ccccc1)[C@@H](O)c1cc(Br)cc(Br)c1O)NO. The molecule has 2 aromatic carbocycles. The number of phenols is 1. The van der Waals surface area contributed by atoms with E-state index >= 15 is 0 Å². The maximum atomic E-state index is 11.3. The molecule has 1 amide bonds. The second kappa shape index (κ2) is 9.00. The molecule has 0 saturated heterocycles. The Balaban J connectivity index is 2.36. The Morgan fingerprint density at radius 1 is 1.20 bits per heavy atom. The van der Waals surface area contributed by atoms with Gasteiger partial charge < -0.3 is 14.9 Å². The monoisotopic (exact) mass is 471 g/mol. The van der Waals surface area contributed by atoms with Gasteiger partial charge in [-0.05, 0) is 46.3 Å². The lowest BCUT2D eigenvalue weighted by Crippen LogP contribution is -2.25. The number of carbonyl (C=O) groups is 1. The quantitative estimate of drug-likeness (QED) is 0.293. The molecule has 0 saturated carbocycles. The Kier molecular flexibility index (Phi) is 7.01. The van der Waals surface area contributed by atoms with E-state index in [9.17, 15) is 15.0 Å². The summed E-state index contributed by atoms with van der Waals surface area (Å²) in [5.41, 5.74) is 1.67. The number of ether oxygens (including phenoxy) is 1. The number of para-hydroxylation sites is 1. The topological polar surface area (TPSA) is 99.0 Å². The predicted molar refractivity (Wildman–Crippen MR) is 98.4 cm³/mol. The van der Waals surface area contributed by atoms with E-state index in [2.05, 4.69) is 31.9 Å². The van der Waals surface area contributed by atoms with Gasteiger partial charge in [0.2, 0.25) is 0 Å². The lowest BCUT2D eigenvalue weighted by molar-refractivity contribution is -0.124. The summed E-state index contributed by atoms with van der Waals surface area (Å²) >= 11 is 6.50. The maximum absolute atomic E-state index is 11.3. The molecule has 6 nitrogen and oxygen atoms in total. The first kappa shape index (κ1) is 19.5. The van der Waals surface area contributed by atoms with E-state index in [1.165, 1.54) is 11.6 Å². The van der Waals surface area contributed by atoms with Crippen LogP contribution in [0.4, 0.5) is 0 Å². The average Bonchev–Trinajstić information content (AvgIpc) is 2.61. The number of rotatable bonds is 6. The molecule has 0 fully saturated rings. The first-order valence-corrected chi connectivity index (χ1v) is 8.71.